The second kappa shape index (κ2) is 10.7. The van der Waals surface area contributed by atoms with Gasteiger partial charge >= 0.3 is 0 Å². The first-order valence-corrected chi connectivity index (χ1v) is 11.0. The molecule has 8 heteroatoms. The molecule has 2 rings (SSSR count). The zero-order valence-corrected chi connectivity index (χ0v) is 18.1. The van der Waals surface area contributed by atoms with Gasteiger partial charge in [-0.3, -0.25) is 9.59 Å². The molecule has 0 unspecified atom stereocenters. The van der Waals surface area contributed by atoms with Crippen molar-refractivity contribution in [2.24, 2.45) is 0 Å². The lowest BCUT2D eigenvalue weighted by Gasteiger charge is -2.19. The fraction of sp³-hybridized carbons (Fsp3) is 0.273. The summed E-state index contributed by atoms with van der Waals surface area (Å²) in [7, 11) is -0.490. The van der Waals surface area contributed by atoms with Crippen LogP contribution in [0, 0.1) is 0 Å². The summed E-state index contributed by atoms with van der Waals surface area (Å²) in [5.74, 6) is -0.480. The Kier molecular flexibility index (Phi) is 8.32. The lowest BCUT2D eigenvalue weighted by atomic mass is 10.1. The van der Waals surface area contributed by atoms with Crippen molar-refractivity contribution < 1.29 is 18.0 Å². The van der Waals surface area contributed by atoms with Crippen LogP contribution in [0.3, 0.4) is 0 Å². The first-order chi connectivity index (χ1) is 14.3. The van der Waals surface area contributed by atoms with E-state index in [0.29, 0.717) is 25.1 Å². The van der Waals surface area contributed by atoms with Gasteiger partial charge in [0.05, 0.1) is 4.90 Å². The summed E-state index contributed by atoms with van der Waals surface area (Å²) < 4.78 is 26.6. The topological polar surface area (TPSA) is 86.8 Å². The van der Waals surface area contributed by atoms with E-state index in [1.54, 1.807) is 11.9 Å². The van der Waals surface area contributed by atoms with Gasteiger partial charge in [0.2, 0.25) is 15.9 Å². The van der Waals surface area contributed by atoms with E-state index in [-0.39, 0.29) is 23.3 Å². The molecule has 0 heterocycles. The number of carbonyl (C=O) groups excluding carboxylic acids is 2. The van der Waals surface area contributed by atoms with E-state index >= 15 is 0 Å². The van der Waals surface area contributed by atoms with E-state index in [0.717, 1.165) is 5.56 Å². The minimum atomic E-state index is -3.68. The Balaban J connectivity index is 1.98. The number of hydrogen-bond donors (Lipinski definition) is 1. The molecule has 0 saturated heterocycles. The second-order valence-electron chi connectivity index (χ2n) is 6.85. The molecule has 160 valence electrons. The third-order valence-corrected chi connectivity index (χ3v) is 6.42. The molecule has 0 aliphatic carbocycles. The molecule has 1 N–H and O–H groups in total. The van der Waals surface area contributed by atoms with Crippen LogP contribution in [0.1, 0.15) is 22.3 Å². The smallest absolute Gasteiger partial charge is 0.253 e. The van der Waals surface area contributed by atoms with Gasteiger partial charge < -0.3 is 10.2 Å². The molecule has 2 aromatic carbocycles. The summed E-state index contributed by atoms with van der Waals surface area (Å²) in [5, 5.41) is 2.61. The van der Waals surface area contributed by atoms with E-state index in [1.807, 2.05) is 30.3 Å². The van der Waals surface area contributed by atoms with Gasteiger partial charge in [-0.25, -0.2) is 12.7 Å². The van der Waals surface area contributed by atoms with Gasteiger partial charge in [0, 0.05) is 39.3 Å². The number of nitrogens with zero attached hydrogens (tertiary/aromatic N) is 2. The SMILES string of the molecule is C=CC(=O)NCCCN(C)S(=O)(=O)c1ccc(C(=O)N(C)Cc2ccccc2)cc1. The summed E-state index contributed by atoms with van der Waals surface area (Å²) in [6.45, 7) is 4.43. The molecule has 0 atom stereocenters. The van der Waals surface area contributed by atoms with Crippen LogP contribution in [0.4, 0.5) is 0 Å². The zero-order chi connectivity index (χ0) is 22.1. The minimum Gasteiger partial charge on any atom is -0.353 e. The monoisotopic (exact) mass is 429 g/mol. The molecule has 0 fully saturated rings. The maximum Gasteiger partial charge on any atom is 0.253 e. The number of rotatable bonds is 10. The van der Waals surface area contributed by atoms with Crippen LogP contribution >= 0.6 is 0 Å². The third-order valence-electron chi connectivity index (χ3n) is 4.55. The fourth-order valence-corrected chi connectivity index (χ4v) is 4.01. The van der Waals surface area contributed by atoms with E-state index in [1.165, 1.54) is 41.7 Å². The zero-order valence-electron chi connectivity index (χ0n) is 17.2. The van der Waals surface area contributed by atoms with Crippen LogP contribution in [0.2, 0.25) is 0 Å². The molecule has 0 aromatic heterocycles. The van der Waals surface area contributed by atoms with Gasteiger partial charge in [-0.15, -0.1) is 0 Å². The third kappa shape index (κ3) is 6.27. The van der Waals surface area contributed by atoms with Crippen LogP contribution in [-0.4, -0.2) is 56.6 Å². The molecule has 2 amide bonds. The Labute approximate surface area is 178 Å². The summed E-state index contributed by atoms with van der Waals surface area (Å²) in [6, 6.07) is 15.6. The van der Waals surface area contributed by atoms with Gasteiger partial charge in [-0.1, -0.05) is 36.9 Å². The highest BCUT2D eigenvalue weighted by Crippen LogP contribution is 2.17. The number of carbonyl (C=O) groups is 2. The summed E-state index contributed by atoms with van der Waals surface area (Å²) in [6.07, 6.45) is 1.64. The molecule has 2 aromatic rings. The van der Waals surface area contributed by atoms with E-state index in [2.05, 4.69) is 11.9 Å². The standard InChI is InChI=1S/C22H27N3O4S/c1-4-21(26)23-15-8-16-25(3)30(28,29)20-13-11-19(12-14-20)22(27)24(2)17-18-9-6-5-7-10-18/h4-7,9-14H,1,8,15-17H2,2-3H3,(H,23,26). The van der Waals surface area contributed by atoms with Crippen LogP contribution in [0.25, 0.3) is 0 Å². The lowest BCUT2D eigenvalue weighted by molar-refractivity contribution is -0.116. The highest BCUT2D eigenvalue weighted by Gasteiger charge is 2.21. The maximum absolute atomic E-state index is 12.7. The van der Waals surface area contributed by atoms with Gasteiger partial charge in [0.15, 0.2) is 0 Å². The normalized spacial score (nSPS) is 11.2. The van der Waals surface area contributed by atoms with Gasteiger partial charge in [-0.05, 0) is 42.3 Å². The van der Waals surface area contributed by atoms with Crippen molar-refractivity contribution in [3.05, 3.63) is 78.4 Å². The average Bonchev–Trinajstić information content (AvgIpc) is 2.76. The number of nitrogens with one attached hydrogen (secondary N) is 1. The Hall–Kier alpha value is -2.97. The quantitative estimate of drug-likeness (QED) is 0.464. The molecular weight excluding hydrogens is 402 g/mol. The van der Waals surface area contributed by atoms with E-state index < -0.39 is 10.0 Å². The molecule has 0 aliphatic rings. The fourth-order valence-electron chi connectivity index (χ4n) is 2.80. The van der Waals surface area contributed by atoms with Crippen molar-refractivity contribution in [1.29, 1.82) is 0 Å². The number of amides is 2. The van der Waals surface area contributed by atoms with E-state index in [4.69, 9.17) is 0 Å². The Morgan fingerprint density at radius 2 is 1.67 bits per heavy atom. The van der Waals surface area contributed by atoms with Crippen LogP contribution in [0.5, 0.6) is 0 Å². The highest BCUT2D eigenvalue weighted by molar-refractivity contribution is 7.89. The largest absolute Gasteiger partial charge is 0.353 e. The lowest BCUT2D eigenvalue weighted by Crippen LogP contribution is -2.31. The molecule has 7 nitrogen and oxygen atoms in total. The van der Waals surface area contributed by atoms with Crippen molar-refractivity contribution in [2.45, 2.75) is 17.9 Å². The highest BCUT2D eigenvalue weighted by atomic mass is 32.2. The van der Waals surface area contributed by atoms with Crippen LogP contribution in [0.15, 0.2) is 72.1 Å². The van der Waals surface area contributed by atoms with Gasteiger partial charge in [-0.2, -0.15) is 0 Å². The summed E-state index contributed by atoms with van der Waals surface area (Å²) >= 11 is 0. The van der Waals surface area contributed by atoms with Crippen LogP contribution in [-0.2, 0) is 21.4 Å². The Morgan fingerprint density at radius 3 is 2.27 bits per heavy atom. The predicted molar refractivity (Wildman–Crippen MR) is 116 cm³/mol. The maximum atomic E-state index is 12.7. The van der Waals surface area contributed by atoms with Crippen molar-refractivity contribution in [3.8, 4) is 0 Å². The van der Waals surface area contributed by atoms with Gasteiger partial charge in [0.1, 0.15) is 0 Å². The summed E-state index contributed by atoms with van der Waals surface area (Å²) in [5.41, 5.74) is 1.43. The van der Waals surface area contributed by atoms with Gasteiger partial charge in [0.25, 0.3) is 5.91 Å². The molecule has 0 bridgehead atoms. The molecular formula is C22H27N3O4S. The first-order valence-electron chi connectivity index (χ1n) is 9.51. The molecule has 0 radical (unpaired) electrons. The second-order valence-corrected chi connectivity index (χ2v) is 8.89. The molecule has 30 heavy (non-hydrogen) atoms. The number of hydrogen-bond acceptors (Lipinski definition) is 4. The number of sulfonamides is 1. The Bertz CT molecular complexity index is 973. The Morgan fingerprint density at radius 1 is 1.03 bits per heavy atom. The molecule has 0 aliphatic heterocycles. The average molecular weight is 430 g/mol. The molecule has 0 saturated carbocycles. The minimum absolute atomic E-state index is 0.113. The van der Waals surface area contributed by atoms with Crippen molar-refractivity contribution in [3.63, 3.8) is 0 Å². The van der Waals surface area contributed by atoms with Crippen molar-refractivity contribution in [2.75, 3.05) is 27.2 Å². The van der Waals surface area contributed by atoms with Crippen molar-refractivity contribution >= 4 is 21.8 Å². The van der Waals surface area contributed by atoms with E-state index in [9.17, 15) is 18.0 Å². The van der Waals surface area contributed by atoms with Crippen molar-refractivity contribution in [1.82, 2.24) is 14.5 Å². The number of benzene rings is 2. The first kappa shape index (κ1) is 23.3. The molecule has 0 spiro atoms. The van der Waals surface area contributed by atoms with Crippen LogP contribution < -0.4 is 5.32 Å². The predicted octanol–water partition coefficient (Wildman–Crippen LogP) is 2.27. The summed E-state index contributed by atoms with van der Waals surface area (Å²) in [4.78, 5) is 25.4.